The molecule has 2 aromatic carbocycles. The maximum atomic E-state index is 12.2. The maximum Gasteiger partial charge on any atom is 0.234 e. The van der Waals surface area contributed by atoms with Gasteiger partial charge in [0.25, 0.3) is 0 Å². The minimum atomic E-state index is -0.0604. The number of anilines is 1. The Hall–Kier alpha value is -1.51. The number of carbonyl (C=O) groups is 1. The van der Waals surface area contributed by atoms with Gasteiger partial charge in [0.1, 0.15) is 0 Å². The van der Waals surface area contributed by atoms with Crippen molar-refractivity contribution in [1.29, 1.82) is 0 Å². The maximum absolute atomic E-state index is 12.2. The van der Waals surface area contributed by atoms with Gasteiger partial charge < -0.3 is 5.32 Å². The van der Waals surface area contributed by atoms with Gasteiger partial charge in [0.2, 0.25) is 5.91 Å². The van der Waals surface area contributed by atoms with Gasteiger partial charge in [-0.2, -0.15) is 0 Å². The van der Waals surface area contributed by atoms with Crippen LogP contribution in [0.3, 0.4) is 0 Å². The number of aromatic nitrogens is 2. The van der Waals surface area contributed by atoms with Gasteiger partial charge in [-0.1, -0.05) is 35.5 Å². The second-order valence-corrected chi connectivity index (χ2v) is 7.41. The highest BCUT2D eigenvalue weighted by atomic mass is 127. The quantitative estimate of drug-likeness (QED) is 0.429. The van der Waals surface area contributed by atoms with E-state index in [0.29, 0.717) is 5.02 Å². The van der Waals surface area contributed by atoms with E-state index in [-0.39, 0.29) is 11.7 Å². The summed E-state index contributed by atoms with van der Waals surface area (Å²) in [5.74, 6) is 0.227. The fourth-order valence-electron chi connectivity index (χ4n) is 2.07. The normalized spacial score (nSPS) is 10.6. The highest BCUT2D eigenvalue weighted by molar-refractivity contribution is 14.1. The zero-order valence-corrected chi connectivity index (χ0v) is 16.2. The first-order chi connectivity index (χ1) is 11.6. The second-order valence-electron chi connectivity index (χ2n) is 4.87. The van der Waals surface area contributed by atoms with E-state index in [4.69, 9.17) is 11.6 Å². The standard InChI is InChI=1S/C17H13ClIN3OS/c18-12-5-7-13(8-6-12)22-10-9-20-17(22)24-11-16(23)21-15-4-2-1-3-14(15)19/h1-10H,11H2,(H,21,23). The molecule has 0 bridgehead atoms. The highest BCUT2D eigenvalue weighted by Gasteiger charge is 2.10. The van der Waals surface area contributed by atoms with Crippen molar-refractivity contribution in [3.8, 4) is 5.69 Å². The van der Waals surface area contributed by atoms with E-state index < -0.39 is 0 Å². The molecule has 1 amide bonds. The van der Waals surface area contributed by atoms with Crippen molar-refractivity contribution < 1.29 is 4.79 Å². The number of nitrogens with one attached hydrogen (secondary N) is 1. The number of amides is 1. The molecule has 122 valence electrons. The van der Waals surface area contributed by atoms with Crippen LogP contribution in [0.1, 0.15) is 0 Å². The lowest BCUT2D eigenvalue weighted by Crippen LogP contribution is -2.15. The Morgan fingerprint density at radius 2 is 1.96 bits per heavy atom. The molecular formula is C17H13ClIN3OS. The predicted molar refractivity (Wildman–Crippen MR) is 107 cm³/mol. The van der Waals surface area contributed by atoms with E-state index in [2.05, 4.69) is 32.9 Å². The predicted octanol–water partition coefficient (Wildman–Crippen LogP) is 4.86. The van der Waals surface area contributed by atoms with Crippen molar-refractivity contribution in [3.63, 3.8) is 0 Å². The molecule has 24 heavy (non-hydrogen) atoms. The first kappa shape index (κ1) is 17.3. The average Bonchev–Trinajstić information content (AvgIpc) is 3.04. The van der Waals surface area contributed by atoms with Crippen molar-refractivity contribution >= 4 is 57.5 Å². The average molecular weight is 470 g/mol. The largest absolute Gasteiger partial charge is 0.324 e. The number of halogens is 2. The number of nitrogens with zero attached hydrogens (tertiary/aromatic N) is 2. The molecule has 0 unspecified atom stereocenters. The SMILES string of the molecule is O=C(CSc1nccn1-c1ccc(Cl)cc1)Nc1ccccc1I. The number of imidazole rings is 1. The molecule has 4 nitrogen and oxygen atoms in total. The third kappa shape index (κ3) is 4.31. The molecule has 0 saturated carbocycles. The molecule has 0 atom stereocenters. The lowest BCUT2D eigenvalue weighted by Gasteiger charge is -2.09. The minimum absolute atomic E-state index is 0.0604. The molecule has 1 aromatic heterocycles. The van der Waals surface area contributed by atoms with Crippen LogP contribution in [0.5, 0.6) is 0 Å². The molecular weight excluding hydrogens is 457 g/mol. The summed E-state index contributed by atoms with van der Waals surface area (Å²) in [7, 11) is 0. The van der Waals surface area contributed by atoms with Gasteiger partial charge >= 0.3 is 0 Å². The number of thioether (sulfide) groups is 1. The Balaban J connectivity index is 1.65. The Morgan fingerprint density at radius 3 is 2.71 bits per heavy atom. The fraction of sp³-hybridized carbons (Fsp3) is 0.0588. The van der Waals surface area contributed by atoms with Crippen LogP contribution in [0.4, 0.5) is 5.69 Å². The summed E-state index contributed by atoms with van der Waals surface area (Å²) in [5, 5.41) is 4.36. The van der Waals surface area contributed by atoms with Crippen molar-refractivity contribution in [3.05, 3.63) is 69.5 Å². The number of hydrogen-bond acceptors (Lipinski definition) is 3. The summed E-state index contributed by atoms with van der Waals surface area (Å²) in [4.78, 5) is 16.5. The number of carbonyl (C=O) groups excluding carboxylic acids is 1. The number of rotatable bonds is 5. The van der Waals surface area contributed by atoms with E-state index >= 15 is 0 Å². The van der Waals surface area contributed by atoms with E-state index in [0.717, 1.165) is 20.1 Å². The smallest absolute Gasteiger partial charge is 0.234 e. The van der Waals surface area contributed by atoms with Crippen LogP contribution < -0.4 is 5.32 Å². The number of benzene rings is 2. The molecule has 3 rings (SSSR count). The topological polar surface area (TPSA) is 46.9 Å². The first-order valence-electron chi connectivity index (χ1n) is 7.10. The second kappa shape index (κ2) is 8.04. The Kier molecular flexibility index (Phi) is 5.80. The van der Waals surface area contributed by atoms with Gasteiger partial charge in [0, 0.05) is 26.7 Å². The van der Waals surface area contributed by atoms with Crippen LogP contribution in [0.25, 0.3) is 5.69 Å². The Bertz CT molecular complexity index is 851. The summed E-state index contributed by atoms with van der Waals surface area (Å²) < 4.78 is 2.94. The van der Waals surface area contributed by atoms with Crippen LogP contribution in [-0.2, 0) is 4.79 Å². The van der Waals surface area contributed by atoms with Gasteiger partial charge in [-0.3, -0.25) is 9.36 Å². The van der Waals surface area contributed by atoms with Gasteiger partial charge in [-0.25, -0.2) is 4.98 Å². The summed E-state index contributed by atoms with van der Waals surface area (Å²) in [6.07, 6.45) is 3.58. The van der Waals surface area contributed by atoms with Gasteiger partial charge in [0.05, 0.1) is 11.4 Å². The molecule has 1 N–H and O–H groups in total. The third-order valence-electron chi connectivity index (χ3n) is 3.19. The molecule has 0 saturated heterocycles. The van der Waals surface area contributed by atoms with Crippen molar-refractivity contribution in [2.75, 3.05) is 11.1 Å². The minimum Gasteiger partial charge on any atom is -0.324 e. The molecule has 1 heterocycles. The molecule has 3 aromatic rings. The molecule has 0 aliphatic carbocycles. The van der Waals surface area contributed by atoms with E-state index in [1.165, 1.54) is 11.8 Å². The summed E-state index contributed by atoms with van der Waals surface area (Å²) in [5.41, 5.74) is 1.78. The first-order valence-corrected chi connectivity index (χ1v) is 9.54. The lowest BCUT2D eigenvalue weighted by atomic mass is 10.3. The monoisotopic (exact) mass is 469 g/mol. The highest BCUT2D eigenvalue weighted by Crippen LogP contribution is 2.22. The van der Waals surface area contributed by atoms with Gasteiger partial charge in [-0.05, 0) is 59.0 Å². The third-order valence-corrected chi connectivity index (χ3v) is 5.35. The zero-order valence-electron chi connectivity index (χ0n) is 12.4. The van der Waals surface area contributed by atoms with Gasteiger partial charge in [-0.15, -0.1) is 0 Å². The van der Waals surface area contributed by atoms with Crippen LogP contribution in [0, 0.1) is 3.57 Å². The van der Waals surface area contributed by atoms with Gasteiger partial charge in [0.15, 0.2) is 5.16 Å². The van der Waals surface area contributed by atoms with Crippen molar-refractivity contribution in [2.45, 2.75) is 5.16 Å². The van der Waals surface area contributed by atoms with E-state index in [1.54, 1.807) is 6.20 Å². The van der Waals surface area contributed by atoms with Crippen molar-refractivity contribution in [1.82, 2.24) is 9.55 Å². The number of hydrogen-bond donors (Lipinski definition) is 1. The Morgan fingerprint density at radius 1 is 1.21 bits per heavy atom. The van der Waals surface area contributed by atoms with Crippen LogP contribution in [0.2, 0.25) is 5.02 Å². The molecule has 0 aliphatic heterocycles. The van der Waals surface area contributed by atoms with Crippen LogP contribution in [-0.4, -0.2) is 21.2 Å². The molecule has 0 aliphatic rings. The molecule has 0 spiro atoms. The summed E-state index contributed by atoms with van der Waals surface area (Å²) in [6.45, 7) is 0. The summed E-state index contributed by atoms with van der Waals surface area (Å²) in [6, 6.07) is 15.2. The molecule has 0 fully saturated rings. The van der Waals surface area contributed by atoms with Crippen LogP contribution in [0.15, 0.2) is 66.1 Å². The van der Waals surface area contributed by atoms with E-state index in [9.17, 15) is 4.79 Å². The van der Waals surface area contributed by atoms with Crippen molar-refractivity contribution in [2.24, 2.45) is 0 Å². The lowest BCUT2D eigenvalue weighted by molar-refractivity contribution is -0.113. The molecule has 0 radical (unpaired) electrons. The zero-order chi connectivity index (χ0) is 16.9. The Labute approximate surface area is 162 Å². The fourth-order valence-corrected chi connectivity index (χ4v) is 3.50. The van der Waals surface area contributed by atoms with Crippen LogP contribution >= 0.6 is 46.0 Å². The summed E-state index contributed by atoms with van der Waals surface area (Å²) >= 11 is 9.51. The van der Waals surface area contributed by atoms with E-state index in [1.807, 2.05) is 59.3 Å². The number of para-hydroxylation sites is 1. The molecule has 7 heteroatoms.